The Bertz CT molecular complexity index is 576. The van der Waals surface area contributed by atoms with E-state index in [-0.39, 0.29) is 11.7 Å². The van der Waals surface area contributed by atoms with Crippen molar-refractivity contribution in [2.45, 2.75) is 27.3 Å². The van der Waals surface area contributed by atoms with Gasteiger partial charge in [-0.05, 0) is 26.3 Å². The third kappa shape index (κ3) is 3.19. The zero-order chi connectivity index (χ0) is 13.8. The van der Waals surface area contributed by atoms with Crippen molar-refractivity contribution in [1.29, 1.82) is 0 Å². The molecule has 1 aromatic heterocycles. The Kier molecular flexibility index (Phi) is 3.94. The fourth-order valence-corrected chi connectivity index (χ4v) is 1.94. The Morgan fingerprint density at radius 3 is 2.74 bits per heavy atom. The first-order chi connectivity index (χ1) is 9.10. The number of nitrogens with zero attached hydrogens (tertiary/aromatic N) is 3. The van der Waals surface area contributed by atoms with Crippen LogP contribution in [0.15, 0.2) is 24.3 Å². The first-order valence-corrected chi connectivity index (χ1v) is 6.34. The lowest BCUT2D eigenvalue weighted by molar-refractivity contribution is 0.0740. The van der Waals surface area contributed by atoms with E-state index in [1.165, 1.54) is 5.56 Å². The van der Waals surface area contributed by atoms with Crippen molar-refractivity contribution < 1.29 is 4.79 Å². The summed E-state index contributed by atoms with van der Waals surface area (Å²) < 4.78 is 0. The fourth-order valence-electron chi connectivity index (χ4n) is 1.94. The minimum Gasteiger partial charge on any atom is -0.332 e. The predicted octanol–water partition coefficient (Wildman–Crippen LogP) is 2.08. The molecule has 0 unspecified atom stereocenters. The monoisotopic (exact) mass is 258 g/mol. The van der Waals surface area contributed by atoms with Crippen LogP contribution >= 0.6 is 0 Å². The number of rotatable bonds is 4. The molecule has 0 aliphatic heterocycles. The Morgan fingerprint density at radius 1 is 1.37 bits per heavy atom. The van der Waals surface area contributed by atoms with E-state index in [9.17, 15) is 4.79 Å². The summed E-state index contributed by atoms with van der Waals surface area (Å²) in [4.78, 5) is 18.1. The number of hydrogen-bond acceptors (Lipinski definition) is 3. The van der Waals surface area contributed by atoms with Gasteiger partial charge in [0.05, 0.1) is 0 Å². The fraction of sp³-hybridized carbons (Fsp3) is 0.357. The molecule has 0 radical (unpaired) electrons. The number of carbonyl (C=O) groups is 1. The van der Waals surface area contributed by atoms with E-state index in [0.717, 1.165) is 5.56 Å². The van der Waals surface area contributed by atoms with Crippen molar-refractivity contribution in [1.82, 2.24) is 20.1 Å². The summed E-state index contributed by atoms with van der Waals surface area (Å²) in [6.07, 6.45) is 0. The normalized spacial score (nSPS) is 10.5. The van der Waals surface area contributed by atoms with Crippen molar-refractivity contribution in [2.24, 2.45) is 0 Å². The molecule has 0 atom stereocenters. The number of nitrogens with one attached hydrogen (secondary N) is 1. The maximum atomic E-state index is 12.3. The summed E-state index contributed by atoms with van der Waals surface area (Å²) >= 11 is 0. The van der Waals surface area contributed by atoms with E-state index < -0.39 is 0 Å². The summed E-state index contributed by atoms with van der Waals surface area (Å²) in [5, 5.41) is 6.61. The van der Waals surface area contributed by atoms with Gasteiger partial charge in [0, 0.05) is 13.1 Å². The molecule has 0 bridgehead atoms. The number of aromatic nitrogens is 3. The third-order valence-corrected chi connectivity index (χ3v) is 2.91. The molecule has 0 saturated heterocycles. The standard InChI is InChI=1S/C14H18N4O/c1-4-18(9-12-7-5-6-10(2)8-12)14(19)13-15-11(3)16-17-13/h5-8H,4,9H2,1-3H3,(H,15,16,17). The van der Waals surface area contributed by atoms with Crippen LogP contribution in [-0.2, 0) is 6.54 Å². The maximum absolute atomic E-state index is 12.3. The lowest BCUT2D eigenvalue weighted by Crippen LogP contribution is -2.31. The van der Waals surface area contributed by atoms with Crippen LogP contribution in [0.5, 0.6) is 0 Å². The molecule has 0 aliphatic carbocycles. The maximum Gasteiger partial charge on any atom is 0.293 e. The smallest absolute Gasteiger partial charge is 0.293 e. The summed E-state index contributed by atoms with van der Waals surface area (Å²) in [6, 6.07) is 8.14. The number of hydrogen-bond donors (Lipinski definition) is 1. The van der Waals surface area contributed by atoms with E-state index in [1.54, 1.807) is 11.8 Å². The molecular weight excluding hydrogens is 240 g/mol. The lowest BCUT2D eigenvalue weighted by Gasteiger charge is -2.19. The van der Waals surface area contributed by atoms with E-state index >= 15 is 0 Å². The molecule has 1 heterocycles. The zero-order valence-corrected chi connectivity index (χ0v) is 11.5. The van der Waals surface area contributed by atoms with E-state index in [0.29, 0.717) is 18.9 Å². The Morgan fingerprint density at radius 2 is 2.16 bits per heavy atom. The number of aryl methyl sites for hydroxylation is 2. The van der Waals surface area contributed by atoms with Crippen molar-refractivity contribution in [3.63, 3.8) is 0 Å². The van der Waals surface area contributed by atoms with Crippen LogP contribution in [-0.4, -0.2) is 32.5 Å². The summed E-state index contributed by atoms with van der Waals surface area (Å²) in [5.74, 6) is 0.732. The molecule has 0 spiro atoms. The Labute approximate surface area is 112 Å². The van der Waals surface area contributed by atoms with E-state index in [1.807, 2.05) is 32.0 Å². The van der Waals surface area contributed by atoms with Crippen LogP contribution in [0, 0.1) is 13.8 Å². The molecule has 19 heavy (non-hydrogen) atoms. The predicted molar refractivity (Wildman–Crippen MR) is 72.7 cm³/mol. The molecule has 0 aliphatic rings. The molecule has 5 heteroatoms. The third-order valence-electron chi connectivity index (χ3n) is 2.91. The van der Waals surface area contributed by atoms with Crippen molar-refractivity contribution in [3.8, 4) is 0 Å². The highest BCUT2D eigenvalue weighted by Gasteiger charge is 2.18. The molecule has 0 saturated carbocycles. The molecule has 1 amide bonds. The number of amides is 1. The van der Waals surface area contributed by atoms with Crippen LogP contribution in [0.25, 0.3) is 0 Å². The largest absolute Gasteiger partial charge is 0.332 e. The first kappa shape index (κ1) is 13.3. The molecule has 100 valence electrons. The van der Waals surface area contributed by atoms with Gasteiger partial charge in [0.1, 0.15) is 5.82 Å². The van der Waals surface area contributed by atoms with Crippen LogP contribution in [0.1, 0.15) is 34.5 Å². The molecule has 5 nitrogen and oxygen atoms in total. The molecule has 2 rings (SSSR count). The van der Waals surface area contributed by atoms with Gasteiger partial charge >= 0.3 is 0 Å². The van der Waals surface area contributed by atoms with Gasteiger partial charge in [0.25, 0.3) is 5.91 Å². The summed E-state index contributed by atoms with van der Waals surface area (Å²) in [6.45, 7) is 6.97. The van der Waals surface area contributed by atoms with Gasteiger partial charge < -0.3 is 4.90 Å². The molecule has 0 fully saturated rings. The number of carbonyl (C=O) groups excluding carboxylic acids is 1. The lowest BCUT2D eigenvalue weighted by atomic mass is 10.1. The average Bonchev–Trinajstić information content (AvgIpc) is 2.82. The van der Waals surface area contributed by atoms with E-state index in [2.05, 4.69) is 21.2 Å². The highest BCUT2D eigenvalue weighted by Crippen LogP contribution is 2.09. The van der Waals surface area contributed by atoms with Gasteiger partial charge in [0.2, 0.25) is 5.82 Å². The highest BCUT2D eigenvalue weighted by molar-refractivity contribution is 5.90. The summed E-state index contributed by atoms with van der Waals surface area (Å²) in [5.41, 5.74) is 2.30. The second-order valence-corrected chi connectivity index (χ2v) is 4.55. The van der Waals surface area contributed by atoms with Crippen molar-refractivity contribution >= 4 is 5.91 Å². The Hall–Kier alpha value is -2.17. The molecule has 2 aromatic rings. The molecule has 1 aromatic carbocycles. The topological polar surface area (TPSA) is 61.9 Å². The quantitative estimate of drug-likeness (QED) is 0.913. The molecule has 1 N–H and O–H groups in total. The number of aromatic amines is 1. The average molecular weight is 258 g/mol. The first-order valence-electron chi connectivity index (χ1n) is 6.34. The minimum absolute atomic E-state index is 0.145. The minimum atomic E-state index is -0.145. The van der Waals surface area contributed by atoms with Gasteiger partial charge in [-0.15, -0.1) is 5.10 Å². The second-order valence-electron chi connectivity index (χ2n) is 4.55. The number of benzene rings is 1. The van der Waals surface area contributed by atoms with Crippen LogP contribution in [0.4, 0.5) is 0 Å². The van der Waals surface area contributed by atoms with Crippen LogP contribution < -0.4 is 0 Å². The number of H-pyrrole nitrogens is 1. The van der Waals surface area contributed by atoms with Crippen LogP contribution in [0.3, 0.4) is 0 Å². The SMILES string of the molecule is CCN(Cc1cccc(C)c1)C(=O)c1n[nH]c(C)n1. The van der Waals surface area contributed by atoms with Gasteiger partial charge in [-0.25, -0.2) is 4.98 Å². The second kappa shape index (κ2) is 5.65. The van der Waals surface area contributed by atoms with Gasteiger partial charge in [0.15, 0.2) is 0 Å². The van der Waals surface area contributed by atoms with Gasteiger partial charge in [-0.1, -0.05) is 29.8 Å². The highest BCUT2D eigenvalue weighted by atomic mass is 16.2. The van der Waals surface area contributed by atoms with Gasteiger partial charge in [-0.3, -0.25) is 9.89 Å². The van der Waals surface area contributed by atoms with Gasteiger partial charge in [-0.2, -0.15) is 0 Å². The Balaban J connectivity index is 2.14. The summed E-state index contributed by atoms with van der Waals surface area (Å²) in [7, 11) is 0. The van der Waals surface area contributed by atoms with Crippen molar-refractivity contribution in [2.75, 3.05) is 6.54 Å². The van der Waals surface area contributed by atoms with Crippen molar-refractivity contribution in [3.05, 3.63) is 47.0 Å². The van der Waals surface area contributed by atoms with E-state index in [4.69, 9.17) is 0 Å². The molecular formula is C14H18N4O. The van der Waals surface area contributed by atoms with Crippen LogP contribution in [0.2, 0.25) is 0 Å². The zero-order valence-electron chi connectivity index (χ0n) is 11.5.